The minimum absolute atomic E-state index is 0.257. The van der Waals surface area contributed by atoms with Gasteiger partial charge in [0.2, 0.25) is 0 Å². The van der Waals surface area contributed by atoms with Crippen molar-refractivity contribution in [3.63, 3.8) is 0 Å². The molecule has 2 aliphatic carbocycles. The van der Waals surface area contributed by atoms with Gasteiger partial charge in [-0.3, -0.25) is 0 Å². The van der Waals surface area contributed by atoms with Crippen molar-refractivity contribution >= 4 is 38.6 Å². The van der Waals surface area contributed by atoms with E-state index in [1.165, 1.54) is 66.7 Å². The Morgan fingerprint density at radius 2 is 0.957 bits per heavy atom. The van der Waals surface area contributed by atoms with Crippen LogP contribution in [0, 0.1) is 5.82 Å². The molecule has 47 heavy (non-hydrogen) atoms. The average Bonchev–Trinajstić information content (AvgIpc) is 3.60. The van der Waals surface area contributed by atoms with E-state index in [2.05, 4.69) is 132 Å². The lowest BCUT2D eigenvalue weighted by Gasteiger charge is -2.32. The second kappa shape index (κ2) is 9.75. The van der Waals surface area contributed by atoms with Crippen LogP contribution in [0.3, 0.4) is 0 Å². The largest absolute Gasteiger partial charge is 0.310 e. The molecular weight excluding hydrogens is 574 g/mol. The first-order chi connectivity index (χ1) is 23.2. The summed E-state index contributed by atoms with van der Waals surface area (Å²) < 4.78 is 14.6. The SMILES string of the molecule is Fc1cccc(N(c2ccccc2)c2ccc3c4c(ccc3c2)-c2ccc3ccccc3c2C42c3ccccc3-c3ccccc32)c1. The number of hydrogen-bond acceptors (Lipinski definition) is 1. The Hall–Kier alpha value is -5.99. The highest BCUT2D eigenvalue weighted by atomic mass is 19.1. The summed E-state index contributed by atoms with van der Waals surface area (Å²) in [5.74, 6) is -0.257. The Balaban J connectivity index is 1.30. The second-order valence-corrected chi connectivity index (χ2v) is 12.6. The number of nitrogens with zero attached hydrogens (tertiary/aromatic N) is 1. The summed E-state index contributed by atoms with van der Waals surface area (Å²) in [5.41, 5.74) is 12.8. The third kappa shape index (κ3) is 3.53. The van der Waals surface area contributed by atoms with Crippen molar-refractivity contribution in [1.82, 2.24) is 0 Å². The molecule has 0 N–H and O–H groups in total. The van der Waals surface area contributed by atoms with Gasteiger partial charge in [0.15, 0.2) is 0 Å². The minimum Gasteiger partial charge on any atom is -0.310 e. The maximum Gasteiger partial charge on any atom is 0.125 e. The van der Waals surface area contributed by atoms with Crippen molar-refractivity contribution in [2.45, 2.75) is 5.41 Å². The molecule has 2 heteroatoms. The topological polar surface area (TPSA) is 3.24 Å². The summed E-state index contributed by atoms with van der Waals surface area (Å²) in [7, 11) is 0. The van der Waals surface area contributed by atoms with Crippen molar-refractivity contribution in [3.8, 4) is 22.3 Å². The zero-order chi connectivity index (χ0) is 31.1. The smallest absolute Gasteiger partial charge is 0.125 e. The molecule has 0 saturated heterocycles. The first kappa shape index (κ1) is 26.2. The molecular formula is C45H28FN. The molecule has 220 valence electrons. The van der Waals surface area contributed by atoms with Crippen molar-refractivity contribution in [3.05, 3.63) is 198 Å². The number of hydrogen-bond donors (Lipinski definition) is 0. The van der Waals surface area contributed by atoms with Crippen molar-refractivity contribution in [2.75, 3.05) is 4.90 Å². The predicted molar refractivity (Wildman–Crippen MR) is 192 cm³/mol. The molecule has 2 aliphatic rings. The van der Waals surface area contributed by atoms with E-state index in [9.17, 15) is 4.39 Å². The Labute approximate surface area is 272 Å². The average molecular weight is 602 g/mol. The van der Waals surface area contributed by atoms with E-state index in [-0.39, 0.29) is 5.82 Å². The quantitative estimate of drug-likeness (QED) is 0.195. The van der Waals surface area contributed by atoms with Gasteiger partial charge in [0, 0.05) is 17.1 Å². The zero-order valence-electron chi connectivity index (χ0n) is 25.5. The number of benzene rings is 8. The summed E-state index contributed by atoms with van der Waals surface area (Å²) in [6.07, 6.45) is 0. The predicted octanol–water partition coefficient (Wildman–Crippen LogP) is 11.9. The Kier molecular flexibility index (Phi) is 5.45. The van der Waals surface area contributed by atoms with Crippen molar-refractivity contribution in [1.29, 1.82) is 0 Å². The molecule has 0 saturated carbocycles. The van der Waals surface area contributed by atoms with Gasteiger partial charge in [0.25, 0.3) is 0 Å². The Bertz CT molecular complexity index is 2500. The van der Waals surface area contributed by atoms with Crippen LogP contribution in [0.5, 0.6) is 0 Å². The van der Waals surface area contributed by atoms with E-state index in [4.69, 9.17) is 0 Å². The maximum atomic E-state index is 14.6. The number of fused-ring (bicyclic) bond motifs is 14. The van der Waals surface area contributed by atoms with E-state index in [0.29, 0.717) is 0 Å². The first-order valence-electron chi connectivity index (χ1n) is 16.1. The minimum atomic E-state index is -0.471. The maximum absolute atomic E-state index is 14.6. The van der Waals surface area contributed by atoms with E-state index >= 15 is 0 Å². The normalized spacial score (nSPS) is 13.4. The highest BCUT2D eigenvalue weighted by Crippen LogP contribution is 2.65. The molecule has 0 heterocycles. The van der Waals surface area contributed by atoms with Gasteiger partial charge in [-0.2, -0.15) is 0 Å². The number of anilines is 3. The number of para-hydroxylation sites is 1. The van der Waals surface area contributed by atoms with Gasteiger partial charge in [-0.15, -0.1) is 0 Å². The van der Waals surface area contributed by atoms with Gasteiger partial charge in [-0.25, -0.2) is 4.39 Å². The zero-order valence-corrected chi connectivity index (χ0v) is 25.5. The third-order valence-electron chi connectivity index (χ3n) is 10.3. The molecule has 0 atom stereocenters. The van der Waals surface area contributed by atoms with Crippen LogP contribution in [0.2, 0.25) is 0 Å². The van der Waals surface area contributed by atoms with Gasteiger partial charge in [0.05, 0.1) is 5.41 Å². The lowest BCUT2D eigenvalue weighted by Crippen LogP contribution is -2.26. The monoisotopic (exact) mass is 601 g/mol. The van der Waals surface area contributed by atoms with E-state index < -0.39 is 5.41 Å². The lowest BCUT2D eigenvalue weighted by molar-refractivity contribution is 0.628. The van der Waals surface area contributed by atoms with Crippen LogP contribution in [0.25, 0.3) is 43.8 Å². The fourth-order valence-electron chi connectivity index (χ4n) is 8.52. The van der Waals surface area contributed by atoms with Crippen LogP contribution in [0.15, 0.2) is 170 Å². The van der Waals surface area contributed by atoms with Crippen LogP contribution >= 0.6 is 0 Å². The van der Waals surface area contributed by atoms with Crippen LogP contribution in [-0.4, -0.2) is 0 Å². The second-order valence-electron chi connectivity index (χ2n) is 12.6. The molecule has 0 aromatic heterocycles. The molecule has 0 fully saturated rings. The van der Waals surface area contributed by atoms with E-state index in [1.807, 2.05) is 24.3 Å². The fraction of sp³-hybridized carbons (Fsp3) is 0.0222. The van der Waals surface area contributed by atoms with Crippen LogP contribution < -0.4 is 4.90 Å². The first-order valence-corrected chi connectivity index (χ1v) is 16.1. The van der Waals surface area contributed by atoms with Gasteiger partial charge in [-0.05, 0) is 109 Å². The summed E-state index contributed by atoms with van der Waals surface area (Å²) in [6.45, 7) is 0. The van der Waals surface area contributed by atoms with E-state index in [0.717, 1.165) is 22.4 Å². The highest BCUT2D eigenvalue weighted by molar-refractivity contribution is 6.09. The molecule has 1 nitrogen and oxygen atoms in total. The highest BCUT2D eigenvalue weighted by Gasteiger charge is 2.53. The summed E-state index contributed by atoms with van der Waals surface area (Å²) in [6, 6.07) is 59.7. The standard InChI is InChI=1S/C45H28FN/c46-31-12-10-15-33(28-31)47(32-13-2-1-3-14-32)34-23-26-36-30(27-34)22-25-40-39-24-21-29-11-4-5-16-35(29)43(39)45(44(36)40)41-19-8-6-17-37(41)38-18-7-9-20-42(38)45/h1-28H. The molecule has 0 bridgehead atoms. The summed E-state index contributed by atoms with van der Waals surface area (Å²) in [5, 5.41) is 4.92. The molecule has 0 aliphatic heterocycles. The molecule has 0 amide bonds. The number of rotatable bonds is 3. The van der Waals surface area contributed by atoms with Crippen molar-refractivity contribution in [2.24, 2.45) is 0 Å². The Morgan fingerprint density at radius 3 is 1.68 bits per heavy atom. The summed E-state index contributed by atoms with van der Waals surface area (Å²) >= 11 is 0. The van der Waals surface area contributed by atoms with Crippen LogP contribution in [0.4, 0.5) is 21.5 Å². The summed E-state index contributed by atoms with van der Waals surface area (Å²) in [4.78, 5) is 2.13. The molecule has 0 unspecified atom stereocenters. The molecule has 8 aromatic carbocycles. The van der Waals surface area contributed by atoms with Crippen molar-refractivity contribution < 1.29 is 4.39 Å². The molecule has 1 spiro atoms. The van der Waals surface area contributed by atoms with Gasteiger partial charge < -0.3 is 4.90 Å². The molecule has 10 rings (SSSR count). The fourth-order valence-corrected chi connectivity index (χ4v) is 8.52. The third-order valence-corrected chi connectivity index (χ3v) is 10.3. The number of halogens is 1. The molecule has 0 radical (unpaired) electrons. The van der Waals surface area contributed by atoms with Crippen LogP contribution in [-0.2, 0) is 5.41 Å². The van der Waals surface area contributed by atoms with Gasteiger partial charge >= 0.3 is 0 Å². The lowest BCUT2D eigenvalue weighted by atomic mass is 9.68. The Morgan fingerprint density at radius 1 is 0.383 bits per heavy atom. The van der Waals surface area contributed by atoms with Gasteiger partial charge in [0.1, 0.15) is 5.82 Å². The van der Waals surface area contributed by atoms with Gasteiger partial charge in [-0.1, -0.05) is 127 Å². The molecule has 8 aromatic rings. The van der Waals surface area contributed by atoms with Crippen LogP contribution in [0.1, 0.15) is 22.3 Å². The van der Waals surface area contributed by atoms with E-state index in [1.54, 1.807) is 12.1 Å².